The van der Waals surface area contributed by atoms with Gasteiger partial charge in [-0.05, 0) is 18.7 Å². The van der Waals surface area contributed by atoms with E-state index in [1.807, 2.05) is 13.0 Å². The third-order valence-electron chi connectivity index (χ3n) is 2.65. The molecule has 116 valence electrons. The van der Waals surface area contributed by atoms with Gasteiger partial charge in [-0.25, -0.2) is 0 Å². The number of hydrogen-bond acceptors (Lipinski definition) is 4. The van der Waals surface area contributed by atoms with Crippen LogP contribution in [0.2, 0.25) is 0 Å². The molecule has 1 aromatic carbocycles. The molecule has 1 atom stereocenters. The maximum atomic E-state index is 10.8. The molecular formula is C15H22N2O4. The summed E-state index contributed by atoms with van der Waals surface area (Å²) in [5.41, 5.74) is 4.97. The van der Waals surface area contributed by atoms with Crippen molar-refractivity contribution in [1.82, 2.24) is 4.90 Å². The van der Waals surface area contributed by atoms with Crippen LogP contribution in [0, 0.1) is 0 Å². The van der Waals surface area contributed by atoms with Crippen LogP contribution in [0.4, 0.5) is 0 Å². The molecule has 0 heterocycles. The van der Waals surface area contributed by atoms with E-state index in [9.17, 15) is 9.59 Å². The molecule has 0 saturated heterocycles. The highest BCUT2D eigenvalue weighted by atomic mass is 16.4. The summed E-state index contributed by atoms with van der Waals surface area (Å²) in [5, 5.41) is 17.5. The van der Waals surface area contributed by atoms with Crippen molar-refractivity contribution in [2.75, 3.05) is 13.1 Å². The maximum absolute atomic E-state index is 10.8. The van der Waals surface area contributed by atoms with Gasteiger partial charge in [0.15, 0.2) is 0 Å². The second-order valence-corrected chi connectivity index (χ2v) is 4.24. The maximum Gasteiger partial charge on any atom is 0.321 e. The molecule has 1 rings (SSSR count). The predicted octanol–water partition coefficient (Wildman–Crippen LogP) is 1.22. The zero-order valence-corrected chi connectivity index (χ0v) is 12.1. The summed E-state index contributed by atoms with van der Waals surface area (Å²) in [6.45, 7) is 6.31. The SMILES string of the molecule is C=CCN(CC)C(CC(N)=O)C(=O)O.Oc1ccccc1. The monoisotopic (exact) mass is 294 g/mol. The van der Waals surface area contributed by atoms with Crippen LogP contribution in [0.25, 0.3) is 0 Å². The molecule has 6 nitrogen and oxygen atoms in total. The molecule has 0 aliphatic heterocycles. The highest BCUT2D eigenvalue weighted by Crippen LogP contribution is 2.04. The molecule has 0 fully saturated rings. The third-order valence-corrected chi connectivity index (χ3v) is 2.65. The number of primary amides is 1. The van der Waals surface area contributed by atoms with Crippen LogP contribution < -0.4 is 5.73 Å². The Morgan fingerprint density at radius 1 is 1.38 bits per heavy atom. The summed E-state index contributed by atoms with van der Waals surface area (Å²) in [4.78, 5) is 23.1. The van der Waals surface area contributed by atoms with Crippen molar-refractivity contribution >= 4 is 11.9 Å². The molecule has 0 spiro atoms. The zero-order valence-electron chi connectivity index (χ0n) is 12.1. The number of amides is 1. The molecule has 0 aliphatic rings. The third kappa shape index (κ3) is 8.43. The first-order valence-corrected chi connectivity index (χ1v) is 6.52. The number of rotatable bonds is 7. The Morgan fingerprint density at radius 3 is 2.24 bits per heavy atom. The molecule has 0 radical (unpaired) electrons. The van der Waals surface area contributed by atoms with E-state index in [0.717, 1.165) is 0 Å². The van der Waals surface area contributed by atoms with Gasteiger partial charge in [0.1, 0.15) is 11.8 Å². The number of likely N-dealkylation sites (N-methyl/N-ethyl adjacent to an activating group) is 1. The number of carbonyl (C=O) groups is 2. The van der Waals surface area contributed by atoms with Gasteiger partial charge >= 0.3 is 5.97 Å². The molecule has 6 heteroatoms. The largest absolute Gasteiger partial charge is 0.508 e. The zero-order chi connectivity index (χ0) is 16.3. The van der Waals surface area contributed by atoms with E-state index in [-0.39, 0.29) is 6.42 Å². The summed E-state index contributed by atoms with van der Waals surface area (Å²) in [7, 11) is 0. The topological polar surface area (TPSA) is 104 Å². The van der Waals surface area contributed by atoms with Crippen LogP contribution >= 0.6 is 0 Å². The number of carboxylic acid groups (broad SMARTS) is 1. The van der Waals surface area contributed by atoms with Crippen LogP contribution in [0.5, 0.6) is 5.75 Å². The molecule has 1 unspecified atom stereocenters. The molecule has 0 aromatic heterocycles. The summed E-state index contributed by atoms with van der Waals surface area (Å²) in [5.74, 6) is -1.32. The number of para-hydroxylation sites is 1. The Balaban J connectivity index is 0.000000471. The van der Waals surface area contributed by atoms with E-state index >= 15 is 0 Å². The summed E-state index contributed by atoms with van der Waals surface area (Å²) < 4.78 is 0. The van der Waals surface area contributed by atoms with Crippen molar-refractivity contribution in [3.8, 4) is 5.75 Å². The van der Waals surface area contributed by atoms with E-state index in [2.05, 4.69) is 6.58 Å². The number of benzene rings is 1. The van der Waals surface area contributed by atoms with Gasteiger partial charge in [0, 0.05) is 6.54 Å². The Labute approximate surface area is 124 Å². The lowest BCUT2D eigenvalue weighted by molar-refractivity contribution is -0.145. The van der Waals surface area contributed by atoms with Crippen molar-refractivity contribution in [2.24, 2.45) is 5.73 Å². The average molecular weight is 294 g/mol. The lowest BCUT2D eigenvalue weighted by Gasteiger charge is -2.25. The van der Waals surface area contributed by atoms with Crippen LogP contribution in [0.3, 0.4) is 0 Å². The van der Waals surface area contributed by atoms with Crippen LogP contribution in [0.15, 0.2) is 43.0 Å². The number of aliphatic carboxylic acids is 1. The van der Waals surface area contributed by atoms with Crippen molar-refractivity contribution in [3.05, 3.63) is 43.0 Å². The van der Waals surface area contributed by atoms with Gasteiger partial charge in [-0.2, -0.15) is 0 Å². The van der Waals surface area contributed by atoms with Crippen LogP contribution in [0.1, 0.15) is 13.3 Å². The van der Waals surface area contributed by atoms with Crippen LogP contribution in [-0.2, 0) is 9.59 Å². The minimum atomic E-state index is -1.03. The van der Waals surface area contributed by atoms with Gasteiger partial charge in [-0.1, -0.05) is 31.2 Å². The lowest BCUT2D eigenvalue weighted by atomic mass is 10.1. The van der Waals surface area contributed by atoms with Gasteiger partial charge in [0.25, 0.3) is 0 Å². The lowest BCUT2D eigenvalue weighted by Crippen LogP contribution is -2.43. The van der Waals surface area contributed by atoms with E-state index in [1.54, 1.807) is 35.2 Å². The number of hydrogen-bond donors (Lipinski definition) is 3. The van der Waals surface area contributed by atoms with Crippen molar-refractivity contribution < 1.29 is 19.8 Å². The number of nitrogens with two attached hydrogens (primary N) is 1. The van der Waals surface area contributed by atoms with Crippen molar-refractivity contribution in [3.63, 3.8) is 0 Å². The molecule has 1 aromatic rings. The van der Waals surface area contributed by atoms with Gasteiger partial charge in [0.2, 0.25) is 5.91 Å². The van der Waals surface area contributed by atoms with Crippen molar-refractivity contribution in [1.29, 1.82) is 0 Å². The normalized spacial score (nSPS) is 11.1. The summed E-state index contributed by atoms with van der Waals surface area (Å²) in [6, 6.07) is 7.86. The van der Waals surface area contributed by atoms with Gasteiger partial charge in [-0.15, -0.1) is 6.58 Å². The quantitative estimate of drug-likeness (QED) is 0.656. The van der Waals surface area contributed by atoms with Gasteiger partial charge in [-0.3, -0.25) is 14.5 Å². The average Bonchev–Trinajstić information content (AvgIpc) is 2.43. The number of phenols is 1. The Kier molecular flexibility index (Phi) is 9.28. The number of phenolic OH excluding ortho intramolecular Hbond substituents is 1. The Hall–Kier alpha value is -2.34. The Morgan fingerprint density at radius 2 is 1.95 bits per heavy atom. The molecule has 0 saturated carbocycles. The molecular weight excluding hydrogens is 272 g/mol. The smallest absolute Gasteiger partial charge is 0.321 e. The molecule has 1 amide bonds. The second-order valence-electron chi connectivity index (χ2n) is 4.24. The molecule has 0 aliphatic carbocycles. The predicted molar refractivity (Wildman–Crippen MR) is 80.8 cm³/mol. The standard InChI is InChI=1S/C9H16N2O3.C6H6O/c1-3-5-11(4-2)7(9(13)14)6-8(10)12;7-6-4-2-1-3-5-6/h3,7H,1,4-6H2,2H3,(H2,10,12)(H,13,14);1-5,7H. The minimum absolute atomic E-state index is 0.170. The first-order valence-electron chi connectivity index (χ1n) is 6.52. The molecule has 0 bridgehead atoms. The van der Waals surface area contributed by atoms with E-state index in [4.69, 9.17) is 15.9 Å². The number of carbonyl (C=O) groups excluding carboxylic acids is 1. The fourth-order valence-electron chi connectivity index (χ4n) is 1.63. The van der Waals surface area contributed by atoms with Gasteiger partial charge in [0.05, 0.1) is 6.42 Å². The summed E-state index contributed by atoms with van der Waals surface area (Å²) in [6.07, 6.45) is 1.43. The first kappa shape index (κ1) is 18.7. The van der Waals surface area contributed by atoms with Crippen LogP contribution in [-0.4, -0.2) is 46.1 Å². The number of carboxylic acids is 1. The number of nitrogens with zero attached hydrogens (tertiary/aromatic N) is 1. The fourth-order valence-corrected chi connectivity index (χ4v) is 1.63. The van der Waals surface area contributed by atoms with Gasteiger partial charge < -0.3 is 15.9 Å². The Bertz CT molecular complexity index is 448. The second kappa shape index (κ2) is 10.4. The minimum Gasteiger partial charge on any atom is -0.508 e. The molecule has 4 N–H and O–H groups in total. The highest BCUT2D eigenvalue weighted by molar-refractivity contribution is 5.83. The number of aromatic hydroxyl groups is 1. The van der Waals surface area contributed by atoms with E-state index in [1.165, 1.54) is 0 Å². The van der Waals surface area contributed by atoms with E-state index < -0.39 is 17.9 Å². The first-order chi connectivity index (χ1) is 9.92. The molecule has 21 heavy (non-hydrogen) atoms. The van der Waals surface area contributed by atoms with E-state index in [0.29, 0.717) is 18.8 Å². The fraction of sp³-hybridized carbons (Fsp3) is 0.333. The summed E-state index contributed by atoms with van der Waals surface area (Å²) >= 11 is 0. The van der Waals surface area contributed by atoms with Crippen molar-refractivity contribution in [2.45, 2.75) is 19.4 Å². The highest BCUT2D eigenvalue weighted by Gasteiger charge is 2.25.